The van der Waals surface area contributed by atoms with Crippen molar-refractivity contribution in [3.8, 4) is 0 Å². The lowest BCUT2D eigenvalue weighted by molar-refractivity contribution is -0.123. The highest BCUT2D eigenvalue weighted by atomic mass is 79.9. The molecule has 5 heteroatoms. The molecule has 0 aliphatic carbocycles. The van der Waals surface area contributed by atoms with Crippen LogP contribution in [0.2, 0.25) is 0 Å². The number of hydrogen-bond donors (Lipinski definition) is 2. The van der Waals surface area contributed by atoms with E-state index in [4.69, 9.17) is 0 Å². The third kappa shape index (κ3) is 4.21. The van der Waals surface area contributed by atoms with Crippen molar-refractivity contribution in [2.24, 2.45) is 5.92 Å². The molecule has 1 aromatic carbocycles. The monoisotopic (exact) mass is 328 g/mol. The highest BCUT2D eigenvalue weighted by Gasteiger charge is 2.15. The van der Waals surface area contributed by atoms with Crippen LogP contribution in [0.5, 0.6) is 0 Å². The van der Waals surface area contributed by atoms with Crippen LogP contribution in [0.25, 0.3) is 0 Å². The van der Waals surface area contributed by atoms with E-state index in [-0.39, 0.29) is 11.8 Å². The molecule has 2 N–H and O–H groups in total. The van der Waals surface area contributed by atoms with E-state index >= 15 is 0 Å². The van der Waals surface area contributed by atoms with E-state index in [0.717, 1.165) is 15.7 Å². The number of nitrogens with zero attached hydrogens (tertiary/aromatic N) is 1. The maximum atomic E-state index is 11.5. The minimum Gasteiger partial charge on any atom is -0.389 e. The summed E-state index contributed by atoms with van der Waals surface area (Å²) in [4.78, 5) is 13.5. The fourth-order valence-electron chi connectivity index (χ4n) is 1.94. The van der Waals surface area contributed by atoms with Crippen LogP contribution in [-0.2, 0) is 4.79 Å². The summed E-state index contributed by atoms with van der Waals surface area (Å²) in [5.74, 6) is -0.0447. The Balaban J connectivity index is 2.80. The molecule has 1 amide bonds. The Bertz CT molecular complexity index is 449. The second-order valence-electron chi connectivity index (χ2n) is 4.78. The number of aliphatic hydroxyl groups is 1. The summed E-state index contributed by atoms with van der Waals surface area (Å²) in [6, 6.07) is 5.80. The van der Waals surface area contributed by atoms with Gasteiger partial charge < -0.3 is 15.3 Å². The lowest BCUT2D eigenvalue weighted by atomic mass is 10.1. The maximum absolute atomic E-state index is 11.5. The predicted molar refractivity (Wildman–Crippen MR) is 81.3 cm³/mol. The smallest absolute Gasteiger partial charge is 0.224 e. The lowest BCUT2D eigenvalue weighted by Gasteiger charge is -2.23. The number of halogens is 1. The highest BCUT2D eigenvalue weighted by molar-refractivity contribution is 9.10. The van der Waals surface area contributed by atoms with Gasteiger partial charge in [0.05, 0.1) is 12.0 Å². The summed E-state index contributed by atoms with van der Waals surface area (Å²) in [5.41, 5.74) is 1.86. The number of amides is 1. The Morgan fingerprint density at radius 3 is 2.58 bits per heavy atom. The predicted octanol–water partition coefficient (Wildman–Crippen LogP) is 2.32. The molecule has 0 aliphatic rings. The number of carbonyl (C=O) groups excluding carboxylic acids is 1. The van der Waals surface area contributed by atoms with Crippen LogP contribution in [0.4, 0.5) is 5.69 Å². The van der Waals surface area contributed by atoms with Crippen molar-refractivity contribution in [3.63, 3.8) is 0 Å². The zero-order chi connectivity index (χ0) is 14.6. The average molecular weight is 329 g/mol. The fourth-order valence-corrected chi connectivity index (χ4v) is 2.64. The van der Waals surface area contributed by atoms with Gasteiger partial charge in [0.1, 0.15) is 0 Å². The van der Waals surface area contributed by atoms with Gasteiger partial charge in [0.15, 0.2) is 0 Å². The van der Waals surface area contributed by atoms with Crippen LogP contribution in [-0.4, -0.2) is 31.7 Å². The zero-order valence-corrected chi connectivity index (χ0v) is 13.4. The van der Waals surface area contributed by atoms with E-state index < -0.39 is 6.10 Å². The van der Waals surface area contributed by atoms with Crippen LogP contribution >= 0.6 is 15.9 Å². The Kier molecular flexibility index (Phi) is 5.82. The summed E-state index contributed by atoms with van der Waals surface area (Å²) in [6.07, 6.45) is -0.501. The molecule has 0 bridgehead atoms. The molecule has 0 radical (unpaired) electrons. The third-order valence-electron chi connectivity index (χ3n) is 3.12. The molecule has 4 nitrogen and oxygen atoms in total. The van der Waals surface area contributed by atoms with Crippen LogP contribution in [0.3, 0.4) is 0 Å². The average Bonchev–Trinajstić information content (AvgIpc) is 2.36. The van der Waals surface area contributed by atoms with Crippen molar-refractivity contribution < 1.29 is 9.90 Å². The Labute approximate surface area is 122 Å². The molecule has 106 valence electrons. The van der Waals surface area contributed by atoms with Gasteiger partial charge in [0.25, 0.3) is 0 Å². The molecule has 0 saturated heterocycles. The quantitative estimate of drug-likeness (QED) is 0.872. The van der Waals surface area contributed by atoms with E-state index in [1.165, 1.54) is 0 Å². The lowest BCUT2D eigenvalue weighted by Crippen LogP contribution is -2.34. The third-order valence-corrected chi connectivity index (χ3v) is 3.80. The number of hydrogen-bond acceptors (Lipinski definition) is 3. The summed E-state index contributed by atoms with van der Waals surface area (Å²) < 4.78 is 0.874. The minimum atomic E-state index is -0.501. The number of rotatable bonds is 5. The first-order valence-corrected chi connectivity index (χ1v) is 7.06. The van der Waals surface area contributed by atoms with Gasteiger partial charge in [-0.05, 0) is 24.6 Å². The molecule has 1 unspecified atom stereocenters. The first kappa shape index (κ1) is 16.0. The first-order valence-electron chi connectivity index (χ1n) is 6.27. The molecule has 0 heterocycles. The van der Waals surface area contributed by atoms with E-state index in [9.17, 15) is 9.90 Å². The second-order valence-corrected chi connectivity index (χ2v) is 5.63. The van der Waals surface area contributed by atoms with E-state index in [2.05, 4.69) is 21.2 Å². The normalized spacial score (nSPS) is 13.8. The van der Waals surface area contributed by atoms with Crippen LogP contribution < -0.4 is 10.2 Å². The summed E-state index contributed by atoms with van der Waals surface area (Å²) in [6.45, 7) is 4.27. The minimum absolute atomic E-state index is 0.0338. The Hall–Kier alpha value is -1.07. The van der Waals surface area contributed by atoms with Gasteiger partial charge >= 0.3 is 0 Å². The van der Waals surface area contributed by atoms with Crippen LogP contribution in [0, 0.1) is 5.92 Å². The van der Waals surface area contributed by atoms with Crippen molar-refractivity contribution in [1.29, 1.82) is 0 Å². The van der Waals surface area contributed by atoms with E-state index in [1.807, 2.05) is 37.1 Å². The van der Waals surface area contributed by atoms with Gasteiger partial charge in [0, 0.05) is 30.8 Å². The van der Waals surface area contributed by atoms with Gasteiger partial charge in [-0.3, -0.25) is 4.79 Å². The van der Waals surface area contributed by atoms with Crippen molar-refractivity contribution >= 4 is 27.5 Å². The molecule has 0 spiro atoms. The SMILES string of the molecule is CNC(=O)C(C)CN(C)c1ccc([C@H](C)O)c(Br)c1. The van der Waals surface area contributed by atoms with E-state index in [0.29, 0.717) is 6.54 Å². The number of anilines is 1. The van der Waals surface area contributed by atoms with Crippen LogP contribution in [0.15, 0.2) is 22.7 Å². The molecule has 1 rings (SSSR count). The van der Waals surface area contributed by atoms with Crippen molar-refractivity contribution in [1.82, 2.24) is 5.32 Å². The number of nitrogens with one attached hydrogen (secondary N) is 1. The zero-order valence-electron chi connectivity index (χ0n) is 11.8. The van der Waals surface area contributed by atoms with Gasteiger partial charge in [-0.1, -0.05) is 28.9 Å². The number of aliphatic hydroxyl groups excluding tert-OH is 1. The van der Waals surface area contributed by atoms with Gasteiger partial charge in [0.2, 0.25) is 5.91 Å². The summed E-state index contributed by atoms with van der Waals surface area (Å²) >= 11 is 3.46. The molecular formula is C14H21BrN2O2. The number of benzene rings is 1. The number of carbonyl (C=O) groups is 1. The topological polar surface area (TPSA) is 52.6 Å². The van der Waals surface area contributed by atoms with Gasteiger partial charge in [-0.2, -0.15) is 0 Å². The Morgan fingerprint density at radius 1 is 1.47 bits per heavy atom. The van der Waals surface area contributed by atoms with Gasteiger partial charge in [-0.25, -0.2) is 0 Å². The molecule has 0 aliphatic heterocycles. The van der Waals surface area contributed by atoms with Crippen LogP contribution in [0.1, 0.15) is 25.5 Å². The van der Waals surface area contributed by atoms with Crippen molar-refractivity contribution in [2.45, 2.75) is 20.0 Å². The molecule has 1 aromatic rings. The van der Waals surface area contributed by atoms with Crippen molar-refractivity contribution in [2.75, 3.05) is 25.5 Å². The largest absolute Gasteiger partial charge is 0.389 e. The van der Waals surface area contributed by atoms with Crippen molar-refractivity contribution in [3.05, 3.63) is 28.2 Å². The highest BCUT2D eigenvalue weighted by Crippen LogP contribution is 2.28. The molecule has 0 saturated carbocycles. The summed E-state index contributed by atoms with van der Waals surface area (Å²) in [7, 11) is 3.59. The fraction of sp³-hybridized carbons (Fsp3) is 0.500. The molecule has 0 aromatic heterocycles. The first-order chi connectivity index (χ1) is 8.86. The van der Waals surface area contributed by atoms with E-state index in [1.54, 1.807) is 14.0 Å². The standard InChI is InChI=1S/C14H21BrN2O2/c1-9(14(19)16-3)8-17(4)11-5-6-12(10(2)18)13(15)7-11/h5-7,9-10,18H,8H2,1-4H3,(H,16,19)/t9?,10-/m0/s1. The molecule has 0 fully saturated rings. The van der Waals surface area contributed by atoms with Gasteiger partial charge in [-0.15, -0.1) is 0 Å². The maximum Gasteiger partial charge on any atom is 0.224 e. The molecule has 19 heavy (non-hydrogen) atoms. The second kappa shape index (κ2) is 6.91. The molecular weight excluding hydrogens is 308 g/mol. The molecule has 2 atom stereocenters. The Morgan fingerprint density at radius 2 is 2.11 bits per heavy atom. The summed E-state index contributed by atoms with van der Waals surface area (Å²) in [5, 5.41) is 12.2.